The summed E-state index contributed by atoms with van der Waals surface area (Å²) in [6.45, 7) is 2.10. The predicted octanol–water partition coefficient (Wildman–Crippen LogP) is 3.99. The second kappa shape index (κ2) is 4.46. The van der Waals surface area contributed by atoms with E-state index in [2.05, 4.69) is 13.0 Å². The number of thiophene rings is 1. The number of nitriles is 1. The van der Waals surface area contributed by atoms with E-state index in [1.54, 1.807) is 23.5 Å². The number of nitrogens with zero attached hydrogens (tertiary/aromatic N) is 1. The third-order valence-corrected chi connectivity index (χ3v) is 3.66. The van der Waals surface area contributed by atoms with Gasteiger partial charge >= 0.3 is 0 Å². The van der Waals surface area contributed by atoms with Gasteiger partial charge in [0.1, 0.15) is 11.9 Å². The van der Waals surface area contributed by atoms with E-state index < -0.39 is 5.82 Å². The molecule has 1 aromatic carbocycles. The lowest BCUT2D eigenvalue weighted by molar-refractivity contribution is 0.624. The Morgan fingerprint density at radius 2 is 2.12 bits per heavy atom. The van der Waals surface area contributed by atoms with E-state index in [9.17, 15) is 4.39 Å². The van der Waals surface area contributed by atoms with Gasteiger partial charge in [-0.25, -0.2) is 4.39 Å². The van der Waals surface area contributed by atoms with Crippen molar-refractivity contribution in [1.82, 2.24) is 0 Å². The van der Waals surface area contributed by atoms with E-state index in [-0.39, 0.29) is 5.56 Å². The van der Waals surface area contributed by atoms with Gasteiger partial charge in [0.05, 0.1) is 5.56 Å². The normalized spacial score (nSPS) is 10.1. The highest BCUT2D eigenvalue weighted by molar-refractivity contribution is 7.15. The van der Waals surface area contributed by atoms with Crippen LogP contribution in [-0.4, -0.2) is 0 Å². The minimum Gasteiger partial charge on any atom is -0.206 e. The summed E-state index contributed by atoms with van der Waals surface area (Å²) in [5.41, 5.74) is 1.01. The quantitative estimate of drug-likeness (QED) is 0.766. The third kappa shape index (κ3) is 1.98. The minimum absolute atomic E-state index is 0.101. The fourth-order valence-corrected chi connectivity index (χ4v) is 2.43. The maximum Gasteiger partial charge on any atom is 0.140 e. The van der Waals surface area contributed by atoms with Gasteiger partial charge in [0.2, 0.25) is 0 Å². The Kier molecular flexibility index (Phi) is 3.02. The molecule has 0 radical (unpaired) electrons. The first-order valence-corrected chi connectivity index (χ1v) is 5.85. The maximum atomic E-state index is 13.1. The van der Waals surface area contributed by atoms with Crippen molar-refractivity contribution in [1.29, 1.82) is 5.26 Å². The number of benzene rings is 1. The summed E-state index contributed by atoms with van der Waals surface area (Å²) in [6, 6.07) is 10.6. The summed E-state index contributed by atoms with van der Waals surface area (Å²) in [7, 11) is 0. The zero-order chi connectivity index (χ0) is 11.5. The average molecular weight is 231 g/mol. The van der Waals surface area contributed by atoms with E-state index >= 15 is 0 Å². The first-order valence-electron chi connectivity index (χ1n) is 5.03. The van der Waals surface area contributed by atoms with Gasteiger partial charge in [-0.15, -0.1) is 11.3 Å². The van der Waals surface area contributed by atoms with Crippen LogP contribution in [0.3, 0.4) is 0 Å². The second-order valence-corrected chi connectivity index (χ2v) is 4.59. The van der Waals surface area contributed by atoms with Crippen LogP contribution in [0.4, 0.5) is 4.39 Å². The van der Waals surface area contributed by atoms with Gasteiger partial charge in [0, 0.05) is 9.75 Å². The Morgan fingerprint density at radius 1 is 1.31 bits per heavy atom. The molecule has 3 heteroatoms. The minimum atomic E-state index is -0.460. The fourth-order valence-electron chi connectivity index (χ4n) is 1.49. The van der Waals surface area contributed by atoms with Crippen LogP contribution in [0.1, 0.15) is 17.4 Å². The Morgan fingerprint density at radius 3 is 2.75 bits per heavy atom. The lowest BCUT2D eigenvalue weighted by Gasteiger charge is -1.98. The Balaban J connectivity index is 2.45. The number of halogens is 1. The third-order valence-electron chi connectivity index (χ3n) is 2.38. The molecule has 0 N–H and O–H groups in total. The SMILES string of the molecule is CCc1ccc(-c2ccc(F)c(C#N)c2)s1. The molecule has 1 heterocycles. The average Bonchev–Trinajstić information content (AvgIpc) is 2.78. The first-order chi connectivity index (χ1) is 7.74. The van der Waals surface area contributed by atoms with Crippen molar-refractivity contribution < 1.29 is 4.39 Å². The van der Waals surface area contributed by atoms with Crippen LogP contribution in [0.15, 0.2) is 30.3 Å². The lowest BCUT2D eigenvalue weighted by Crippen LogP contribution is -1.83. The molecule has 0 atom stereocenters. The maximum absolute atomic E-state index is 13.1. The monoisotopic (exact) mass is 231 g/mol. The molecular formula is C13H10FNS. The molecule has 1 aromatic heterocycles. The van der Waals surface area contributed by atoms with Crippen molar-refractivity contribution in [3.63, 3.8) is 0 Å². The van der Waals surface area contributed by atoms with Crippen molar-refractivity contribution in [3.05, 3.63) is 46.6 Å². The smallest absolute Gasteiger partial charge is 0.140 e. The van der Waals surface area contributed by atoms with Gasteiger partial charge in [-0.05, 0) is 36.2 Å². The number of hydrogen-bond donors (Lipinski definition) is 0. The van der Waals surface area contributed by atoms with Crippen LogP contribution in [0.2, 0.25) is 0 Å². The molecule has 0 fully saturated rings. The molecular weight excluding hydrogens is 221 g/mol. The zero-order valence-corrected chi connectivity index (χ0v) is 9.64. The van der Waals surface area contributed by atoms with Crippen LogP contribution in [0, 0.1) is 17.1 Å². The molecule has 2 aromatic rings. The van der Waals surface area contributed by atoms with Crippen LogP contribution in [0.25, 0.3) is 10.4 Å². The predicted molar refractivity (Wildman–Crippen MR) is 63.8 cm³/mol. The van der Waals surface area contributed by atoms with Crippen LogP contribution < -0.4 is 0 Å². The standard InChI is InChI=1S/C13H10FNS/c1-2-11-4-6-13(16-11)9-3-5-12(14)10(7-9)8-15/h3-7H,2H2,1H3. The Labute approximate surface area is 97.8 Å². The van der Waals surface area contributed by atoms with E-state index in [4.69, 9.17) is 5.26 Å². The summed E-state index contributed by atoms with van der Waals surface area (Å²) in [6.07, 6.45) is 0.997. The van der Waals surface area contributed by atoms with Crippen molar-refractivity contribution in [2.45, 2.75) is 13.3 Å². The Hall–Kier alpha value is -1.66. The van der Waals surface area contributed by atoms with Gasteiger partial charge < -0.3 is 0 Å². The van der Waals surface area contributed by atoms with Crippen molar-refractivity contribution in [2.24, 2.45) is 0 Å². The molecule has 2 rings (SSSR count). The van der Waals surface area contributed by atoms with E-state index in [0.29, 0.717) is 0 Å². The molecule has 0 bridgehead atoms. The van der Waals surface area contributed by atoms with Crippen molar-refractivity contribution >= 4 is 11.3 Å². The summed E-state index contributed by atoms with van der Waals surface area (Å²) >= 11 is 1.68. The summed E-state index contributed by atoms with van der Waals surface area (Å²) in [5.74, 6) is -0.460. The molecule has 0 unspecified atom stereocenters. The molecule has 0 spiro atoms. The number of aryl methyl sites for hydroxylation is 1. The fraction of sp³-hybridized carbons (Fsp3) is 0.154. The second-order valence-electron chi connectivity index (χ2n) is 3.43. The first kappa shape index (κ1) is 10.8. The van der Waals surface area contributed by atoms with Gasteiger partial charge in [-0.3, -0.25) is 0 Å². The van der Waals surface area contributed by atoms with Crippen LogP contribution in [0.5, 0.6) is 0 Å². The van der Waals surface area contributed by atoms with Gasteiger partial charge in [-0.2, -0.15) is 5.26 Å². The molecule has 1 nitrogen and oxygen atoms in total. The largest absolute Gasteiger partial charge is 0.206 e. The van der Waals surface area contributed by atoms with Crippen molar-refractivity contribution in [3.8, 4) is 16.5 Å². The van der Waals surface area contributed by atoms with E-state index in [0.717, 1.165) is 16.9 Å². The number of rotatable bonds is 2. The van der Waals surface area contributed by atoms with Crippen LogP contribution in [-0.2, 0) is 6.42 Å². The highest BCUT2D eigenvalue weighted by Crippen LogP contribution is 2.29. The number of hydrogen-bond acceptors (Lipinski definition) is 2. The summed E-state index contributed by atoms with van der Waals surface area (Å²) in [4.78, 5) is 2.37. The zero-order valence-electron chi connectivity index (χ0n) is 8.83. The molecule has 80 valence electrons. The molecule has 0 aliphatic heterocycles. The van der Waals surface area contributed by atoms with Crippen LogP contribution >= 0.6 is 11.3 Å². The van der Waals surface area contributed by atoms with Gasteiger partial charge in [0.25, 0.3) is 0 Å². The van der Waals surface area contributed by atoms with E-state index in [1.807, 2.05) is 12.1 Å². The molecule has 16 heavy (non-hydrogen) atoms. The molecule has 0 saturated heterocycles. The lowest BCUT2D eigenvalue weighted by atomic mass is 10.1. The summed E-state index contributed by atoms with van der Waals surface area (Å²) < 4.78 is 13.1. The Bertz CT molecular complexity index is 551. The molecule has 0 saturated carbocycles. The van der Waals surface area contributed by atoms with Gasteiger partial charge in [-0.1, -0.05) is 13.0 Å². The molecule has 0 amide bonds. The summed E-state index contributed by atoms with van der Waals surface area (Å²) in [5, 5.41) is 8.75. The molecule has 0 aliphatic rings. The van der Waals surface area contributed by atoms with Crippen molar-refractivity contribution in [2.75, 3.05) is 0 Å². The topological polar surface area (TPSA) is 23.8 Å². The highest BCUT2D eigenvalue weighted by atomic mass is 32.1. The van der Waals surface area contributed by atoms with Gasteiger partial charge in [0.15, 0.2) is 0 Å². The highest BCUT2D eigenvalue weighted by Gasteiger charge is 2.06. The molecule has 0 aliphatic carbocycles. The van der Waals surface area contributed by atoms with E-state index in [1.165, 1.54) is 10.9 Å².